The molecular formula is C29H39ClN4O5. The molecule has 2 heterocycles. The molecule has 4 atom stereocenters. The van der Waals surface area contributed by atoms with E-state index in [1.807, 2.05) is 26.8 Å². The number of carbonyl (C=O) groups excluding carboxylic acids is 4. The van der Waals surface area contributed by atoms with Gasteiger partial charge < -0.3 is 25.6 Å². The predicted octanol–water partition coefficient (Wildman–Crippen LogP) is 4.56. The molecule has 9 nitrogen and oxygen atoms in total. The first-order chi connectivity index (χ1) is 18.5. The van der Waals surface area contributed by atoms with Crippen LogP contribution in [0.25, 0.3) is 0 Å². The second-order valence-corrected chi connectivity index (χ2v) is 12.2. The summed E-state index contributed by atoms with van der Waals surface area (Å²) in [5, 5.41) is 9.14. The van der Waals surface area contributed by atoms with Crippen molar-refractivity contribution in [2.45, 2.75) is 95.4 Å². The standard InChI is InChI=1S/C29H39ClN4O5/c1-28(2,3)33-27(38)39-23-15-8-6-4-5-7-11-19-18-29(19,26(37)31-21-13-9-12-20(30)17-21)32-24(35)22-14-10-16-34(22)25(23)36/h7,9,11-13,17,19,22-23H,4-6,8,10,14-16,18H2,1-3H3,(H,31,37)(H,32,35)(H,33,38)/t19-,22+,23+,29-/m1/s1. The van der Waals surface area contributed by atoms with Crippen molar-refractivity contribution >= 4 is 41.1 Å². The normalized spacial score (nSPS) is 27.8. The van der Waals surface area contributed by atoms with Gasteiger partial charge in [-0.3, -0.25) is 14.4 Å². The van der Waals surface area contributed by atoms with Crippen molar-refractivity contribution in [3.05, 3.63) is 41.4 Å². The molecule has 0 radical (unpaired) electrons. The lowest BCUT2D eigenvalue weighted by Gasteiger charge is -2.30. The van der Waals surface area contributed by atoms with E-state index >= 15 is 0 Å². The van der Waals surface area contributed by atoms with E-state index in [1.54, 1.807) is 24.3 Å². The van der Waals surface area contributed by atoms with Crippen LogP contribution in [0.4, 0.5) is 10.5 Å². The van der Waals surface area contributed by atoms with Crippen LogP contribution in [0.1, 0.15) is 72.1 Å². The van der Waals surface area contributed by atoms with E-state index in [0.29, 0.717) is 49.4 Å². The lowest BCUT2D eigenvalue weighted by atomic mass is 10.1. The molecule has 39 heavy (non-hydrogen) atoms. The number of ether oxygens (including phenoxy) is 1. The van der Waals surface area contributed by atoms with Crippen LogP contribution in [0.3, 0.4) is 0 Å². The van der Waals surface area contributed by atoms with E-state index < -0.39 is 29.3 Å². The van der Waals surface area contributed by atoms with Gasteiger partial charge in [0, 0.05) is 28.7 Å². The number of nitrogens with one attached hydrogen (secondary N) is 3. The second-order valence-electron chi connectivity index (χ2n) is 11.8. The van der Waals surface area contributed by atoms with Crippen molar-refractivity contribution in [3.8, 4) is 0 Å². The molecule has 212 valence electrons. The van der Waals surface area contributed by atoms with Crippen molar-refractivity contribution in [1.29, 1.82) is 0 Å². The monoisotopic (exact) mass is 558 g/mol. The zero-order valence-corrected chi connectivity index (χ0v) is 23.7. The van der Waals surface area contributed by atoms with Gasteiger partial charge in [0.1, 0.15) is 11.6 Å². The largest absolute Gasteiger partial charge is 0.436 e. The lowest BCUT2D eigenvalue weighted by molar-refractivity contribution is -0.146. The maximum absolute atomic E-state index is 13.6. The van der Waals surface area contributed by atoms with Gasteiger partial charge in [0.15, 0.2) is 6.10 Å². The minimum absolute atomic E-state index is 0.145. The molecular weight excluding hydrogens is 520 g/mol. The summed E-state index contributed by atoms with van der Waals surface area (Å²) in [6.45, 7) is 5.90. The van der Waals surface area contributed by atoms with Gasteiger partial charge in [0.05, 0.1) is 0 Å². The number of carbonyl (C=O) groups is 4. The van der Waals surface area contributed by atoms with E-state index in [0.717, 1.165) is 19.3 Å². The van der Waals surface area contributed by atoms with Crippen molar-refractivity contribution in [2.24, 2.45) is 5.92 Å². The van der Waals surface area contributed by atoms with E-state index in [-0.39, 0.29) is 23.6 Å². The summed E-state index contributed by atoms with van der Waals surface area (Å²) in [6.07, 6.45) is 7.72. The first-order valence-corrected chi connectivity index (χ1v) is 14.2. The first-order valence-electron chi connectivity index (χ1n) is 13.8. The quantitative estimate of drug-likeness (QED) is 0.470. The summed E-state index contributed by atoms with van der Waals surface area (Å²) in [6, 6.07) is 6.14. The van der Waals surface area contributed by atoms with Gasteiger partial charge in [0.2, 0.25) is 5.91 Å². The molecule has 3 aliphatic rings. The topological polar surface area (TPSA) is 117 Å². The molecule has 1 aliphatic carbocycles. The van der Waals surface area contributed by atoms with E-state index in [1.165, 1.54) is 4.90 Å². The summed E-state index contributed by atoms with van der Waals surface area (Å²) in [4.78, 5) is 54.8. The van der Waals surface area contributed by atoms with Crippen LogP contribution < -0.4 is 16.0 Å². The number of benzene rings is 1. The average molecular weight is 559 g/mol. The highest BCUT2D eigenvalue weighted by molar-refractivity contribution is 6.31. The first kappa shape index (κ1) is 28.9. The van der Waals surface area contributed by atoms with Crippen LogP contribution in [-0.2, 0) is 19.1 Å². The Morgan fingerprint density at radius 1 is 1.13 bits per heavy atom. The van der Waals surface area contributed by atoms with Gasteiger partial charge in [-0.05, 0) is 83.9 Å². The number of amides is 4. The highest BCUT2D eigenvalue weighted by atomic mass is 35.5. The van der Waals surface area contributed by atoms with Crippen LogP contribution in [0.2, 0.25) is 5.02 Å². The Balaban J connectivity index is 1.54. The molecule has 1 saturated carbocycles. The number of hydrogen-bond donors (Lipinski definition) is 3. The molecule has 0 unspecified atom stereocenters. The number of fused-ring (bicyclic) bond motifs is 2. The molecule has 0 spiro atoms. The number of hydrogen-bond acceptors (Lipinski definition) is 5. The summed E-state index contributed by atoms with van der Waals surface area (Å²) in [7, 11) is 0. The van der Waals surface area contributed by atoms with Crippen LogP contribution in [0, 0.1) is 5.92 Å². The number of rotatable bonds is 3. The number of nitrogens with zero attached hydrogens (tertiary/aromatic N) is 1. The molecule has 0 bridgehead atoms. The lowest BCUT2D eigenvalue weighted by Crippen LogP contribution is -2.56. The molecule has 10 heteroatoms. The van der Waals surface area contributed by atoms with Crippen molar-refractivity contribution in [3.63, 3.8) is 0 Å². The van der Waals surface area contributed by atoms with E-state index in [2.05, 4.69) is 22.0 Å². The van der Waals surface area contributed by atoms with Crippen LogP contribution >= 0.6 is 11.6 Å². The third kappa shape index (κ3) is 7.32. The third-order valence-corrected chi connectivity index (χ3v) is 7.63. The minimum atomic E-state index is -1.10. The van der Waals surface area contributed by atoms with Gasteiger partial charge >= 0.3 is 6.09 Å². The van der Waals surface area contributed by atoms with E-state index in [9.17, 15) is 19.2 Å². The fraction of sp³-hybridized carbons (Fsp3) is 0.586. The van der Waals surface area contributed by atoms with Crippen LogP contribution in [0.15, 0.2) is 36.4 Å². The average Bonchev–Trinajstić information content (AvgIpc) is 3.31. The molecule has 1 aromatic rings. The second kappa shape index (κ2) is 12.0. The summed E-state index contributed by atoms with van der Waals surface area (Å²) in [5.74, 6) is -1.19. The van der Waals surface area contributed by atoms with Gasteiger partial charge in [-0.1, -0.05) is 36.2 Å². The number of alkyl carbamates (subject to hydrolysis) is 1. The molecule has 3 N–H and O–H groups in total. The Morgan fingerprint density at radius 3 is 2.67 bits per heavy atom. The number of allylic oxidation sites excluding steroid dienone is 1. The van der Waals surface area contributed by atoms with Gasteiger partial charge in [0.25, 0.3) is 11.8 Å². The Kier molecular flexibility index (Phi) is 8.89. The maximum Gasteiger partial charge on any atom is 0.408 e. The Hall–Kier alpha value is -3.07. The summed E-state index contributed by atoms with van der Waals surface area (Å²) >= 11 is 6.09. The predicted molar refractivity (Wildman–Crippen MR) is 149 cm³/mol. The van der Waals surface area contributed by atoms with E-state index in [4.69, 9.17) is 16.3 Å². The summed E-state index contributed by atoms with van der Waals surface area (Å²) in [5.41, 5.74) is -1.06. The fourth-order valence-electron chi connectivity index (χ4n) is 5.31. The van der Waals surface area contributed by atoms with Crippen LogP contribution in [-0.4, -0.2) is 58.5 Å². The highest BCUT2D eigenvalue weighted by Gasteiger charge is 2.60. The minimum Gasteiger partial charge on any atom is -0.436 e. The van der Waals surface area contributed by atoms with Crippen molar-refractivity contribution in [1.82, 2.24) is 15.5 Å². The molecule has 1 aromatic carbocycles. The molecule has 4 rings (SSSR count). The third-order valence-electron chi connectivity index (χ3n) is 7.39. The van der Waals surface area contributed by atoms with Gasteiger partial charge in [-0.2, -0.15) is 0 Å². The molecule has 2 fully saturated rings. The number of halogens is 1. The Labute approximate surface area is 235 Å². The molecule has 1 saturated heterocycles. The smallest absolute Gasteiger partial charge is 0.408 e. The Bertz CT molecular complexity index is 1130. The maximum atomic E-state index is 13.6. The van der Waals surface area contributed by atoms with Crippen LogP contribution in [0.5, 0.6) is 0 Å². The SMILES string of the molecule is CC(C)(C)NC(=O)O[C@H]1CCCCCC=C[C@@H]2C[C@@]2(C(=O)Nc2cccc(Cl)c2)NC(=O)[C@@H]2CCCN2C1=O. The molecule has 0 aromatic heterocycles. The summed E-state index contributed by atoms with van der Waals surface area (Å²) < 4.78 is 5.61. The fourth-order valence-corrected chi connectivity index (χ4v) is 5.50. The zero-order chi connectivity index (χ0) is 28.2. The van der Waals surface area contributed by atoms with Crippen molar-refractivity contribution in [2.75, 3.05) is 11.9 Å². The van der Waals surface area contributed by atoms with Gasteiger partial charge in [-0.25, -0.2) is 4.79 Å². The highest BCUT2D eigenvalue weighted by Crippen LogP contribution is 2.46. The molecule has 2 aliphatic heterocycles. The van der Waals surface area contributed by atoms with Crippen molar-refractivity contribution < 1.29 is 23.9 Å². The molecule has 4 amide bonds. The van der Waals surface area contributed by atoms with Gasteiger partial charge in [-0.15, -0.1) is 0 Å². The zero-order valence-electron chi connectivity index (χ0n) is 22.9. The number of anilines is 1. The Morgan fingerprint density at radius 2 is 1.92 bits per heavy atom.